The second-order valence-corrected chi connectivity index (χ2v) is 4.76. The Hall–Kier alpha value is -1.92. The van der Waals surface area contributed by atoms with Gasteiger partial charge in [-0.05, 0) is 12.1 Å². The number of carbonyl (C=O) groups is 1. The standard InChI is InChI=1S/C13H13NO4S/c1-17-7-10-11(13(15)16)19-12(14-10)8-4-3-5-9(6-8)18-2/h3-6H,7H2,1-2H3,(H,15,16). The van der Waals surface area contributed by atoms with E-state index in [1.165, 1.54) is 7.11 Å². The fourth-order valence-electron chi connectivity index (χ4n) is 1.63. The number of carboxylic acid groups (broad SMARTS) is 1. The summed E-state index contributed by atoms with van der Waals surface area (Å²) < 4.78 is 10.1. The van der Waals surface area contributed by atoms with Crippen LogP contribution in [0.2, 0.25) is 0 Å². The molecular weight excluding hydrogens is 266 g/mol. The molecule has 1 heterocycles. The number of nitrogens with zero attached hydrogens (tertiary/aromatic N) is 1. The minimum absolute atomic E-state index is 0.183. The second-order valence-electron chi connectivity index (χ2n) is 3.76. The minimum atomic E-state index is -0.987. The molecule has 0 spiro atoms. The third-order valence-electron chi connectivity index (χ3n) is 2.49. The molecule has 0 aliphatic rings. The van der Waals surface area contributed by atoms with Gasteiger partial charge in [0, 0.05) is 12.7 Å². The molecule has 2 aromatic rings. The Morgan fingerprint density at radius 3 is 2.84 bits per heavy atom. The third-order valence-corrected chi connectivity index (χ3v) is 3.62. The van der Waals surface area contributed by atoms with Crippen LogP contribution in [-0.4, -0.2) is 30.3 Å². The van der Waals surface area contributed by atoms with Crippen molar-refractivity contribution in [2.24, 2.45) is 0 Å². The van der Waals surface area contributed by atoms with E-state index in [1.54, 1.807) is 7.11 Å². The molecule has 0 saturated heterocycles. The number of rotatable bonds is 5. The summed E-state index contributed by atoms with van der Waals surface area (Å²) >= 11 is 1.13. The lowest BCUT2D eigenvalue weighted by atomic mass is 10.2. The highest BCUT2D eigenvalue weighted by atomic mass is 32.1. The quantitative estimate of drug-likeness (QED) is 0.911. The predicted molar refractivity (Wildman–Crippen MR) is 71.8 cm³/mol. The van der Waals surface area contributed by atoms with Crippen LogP contribution < -0.4 is 4.74 Å². The van der Waals surface area contributed by atoms with Gasteiger partial charge in [0.1, 0.15) is 15.6 Å². The van der Waals surface area contributed by atoms with Crippen molar-refractivity contribution in [3.05, 3.63) is 34.8 Å². The van der Waals surface area contributed by atoms with E-state index in [2.05, 4.69) is 4.98 Å². The molecule has 0 amide bonds. The maximum atomic E-state index is 11.2. The largest absolute Gasteiger partial charge is 0.497 e. The normalized spacial score (nSPS) is 10.4. The van der Waals surface area contributed by atoms with E-state index in [0.29, 0.717) is 16.5 Å². The van der Waals surface area contributed by atoms with Crippen LogP contribution in [-0.2, 0) is 11.3 Å². The van der Waals surface area contributed by atoms with Gasteiger partial charge in [-0.2, -0.15) is 0 Å². The summed E-state index contributed by atoms with van der Waals surface area (Å²) in [7, 11) is 3.09. The van der Waals surface area contributed by atoms with E-state index in [0.717, 1.165) is 16.9 Å². The summed E-state index contributed by atoms with van der Waals surface area (Å²) in [4.78, 5) is 15.7. The van der Waals surface area contributed by atoms with Gasteiger partial charge in [-0.15, -0.1) is 11.3 Å². The molecule has 0 atom stereocenters. The topological polar surface area (TPSA) is 68.7 Å². The molecule has 0 aliphatic heterocycles. The highest BCUT2D eigenvalue weighted by Gasteiger charge is 2.18. The van der Waals surface area contributed by atoms with E-state index < -0.39 is 5.97 Å². The number of thiazole rings is 1. The Bertz CT molecular complexity index is 594. The second kappa shape index (κ2) is 5.81. The van der Waals surface area contributed by atoms with Crippen LogP contribution in [0.25, 0.3) is 10.6 Å². The number of hydrogen-bond acceptors (Lipinski definition) is 5. The lowest BCUT2D eigenvalue weighted by molar-refractivity contribution is 0.0697. The monoisotopic (exact) mass is 279 g/mol. The van der Waals surface area contributed by atoms with Crippen molar-refractivity contribution in [2.45, 2.75) is 6.61 Å². The van der Waals surface area contributed by atoms with Gasteiger partial charge < -0.3 is 14.6 Å². The zero-order chi connectivity index (χ0) is 13.8. The molecule has 19 heavy (non-hydrogen) atoms. The zero-order valence-electron chi connectivity index (χ0n) is 10.5. The Balaban J connectivity index is 2.44. The van der Waals surface area contributed by atoms with E-state index in [4.69, 9.17) is 14.6 Å². The first-order valence-corrected chi connectivity index (χ1v) is 6.33. The van der Waals surface area contributed by atoms with Gasteiger partial charge in [0.15, 0.2) is 0 Å². The lowest BCUT2D eigenvalue weighted by Gasteiger charge is -2.01. The number of benzene rings is 1. The molecule has 0 bridgehead atoms. The van der Waals surface area contributed by atoms with Gasteiger partial charge >= 0.3 is 5.97 Å². The highest BCUT2D eigenvalue weighted by molar-refractivity contribution is 7.17. The number of ether oxygens (including phenoxy) is 2. The number of aromatic carboxylic acids is 1. The Kier molecular flexibility index (Phi) is 4.13. The zero-order valence-corrected chi connectivity index (χ0v) is 11.4. The van der Waals surface area contributed by atoms with Crippen LogP contribution in [0.15, 0.2) is 24.3 Å². The maximum Gasteiger partial charge on any atom is 0.347 e. The first-order valence-electron chi connectivity index (χ1n) is 5.52. The molecule has 0 radical (unpaired) electrons. The van der Waals surface area contributed by atoms with E-state index >= 15 is 0 Å². The summed E-state index contributed by atoms with van der Waals surface area (Å²) in [6.45, 7) is 0.183. The Labute approximate surface area is 114 Å². The van der Waals surface area contributed by atoms with Gasteiger partial charge in [-0.3, -0.25) is 0 Å². The van der Waals surface area contributed by atoms with Gasteiger partial charge in [0.2, 0.25) is 0 Å². The minimum Gasteiger partial charge on any atom is -0.497 e. The number of hydrogen-bond donors (Lipinski definition) is 1. The molecule has 100 valence electrons. The van der Waals surface area contributed by atoms with Crippen molar-refractivity contribution in [1.29, 1.82) is 0 Å². The van der Waals surface area contributed by atoms with Gasteiger partial charge in [0.25, 0.3) is 0 Å². The van der Waals surface area contributed by atoms with E-state index in [1.807, 2.05) is 24.3 Å². The average molecular weight is 279 g/mol. The van der Waals surface area contributed by atoms with Crippen LogP contribution in [0, 0.1) is 0 Å². The summed E-state index contributed by atoms with van der Waals surface area (Å²) in [6.07, 6.45) is 0. The van der Waals surface area contributed by atoms with Crippen molar-refractivity contribution >= 4 is 17.3 Å². The molecule has 1 N–H and O–H groups in total. The molecule has 1 aromatic heterocycles. The van der Waals surface area contributed by atoms with Crippen molar-refractivity contribution in [2.75, 3.05) is 14.2 Å². The highest BCUT2D eigenvalue weighted by Crippen LogP contribution is 2.30. The number of carboxylic acids is 1. The molecule has 2 rings (SSSR count). The van der Waals surface area contributed by atoms with Gasteiger partial charge in [-0.1, -0.05) is 12.1 Å². The predicted octanol–water partition coefficient (Wildman–Crippen LogP) is 2.66. The molecule has 0 saturated carbocycles. The third kappa shape index (κ3) is 2.91. The van der Waals surface area contributed by atoms with Crippen LogP contribution >= 0.6 is 11.3 Å². The number of methoxy groups -OCH3 is 2. The first kappa shape index (κ1) is 13.5. The summed E-state index contributed by atoms with van der Waals surface area (Å²) in [5, 5.41) is 9.79. The first-order chi connectivity index (χ1) is 9.15. The van der Waals surface area contributed by atoms with Crippen molar-refractivity contribution in [1.82, 2.24) is 4.98 Å². The molecule has 0 fully saturated rings. The fraction of sp³-hybridized carbons (Fsp3) is 0.231. The van der Waals surface area contributed by atoms with Crippen molar-refractivity contribution in [3.63, 3.8) is 0 Å². The molecule has 6 heteroatoms. The summed E-state index contributed by atoms with van der Waals surface area (Å²) in [6, 6.07) is 7.35. The van der Waals surface area contributed by atoms with Crippen LogP contribution in [0.5, 0.6) is 5.75 Å². The number of aromatic nitrogens is 1. The van der Waals surface area contributed by atoms with Crippen molar-refractivity contribution in [3.8, 4) is 16.3 Å². The van der Waals surface area contributed by atoms with Crippen LogP contribution in [0.4, 0.5) is 0 Å². The molecule has 0 unspecified atom stereocenters. The lowest BCUT2D eigenvalue weighted by Crippen LogP contribution is -1.99. The van der Waals surface area contributed by atoms with Crippen molar-refractivity contribution < 1.29 is 19.4 Å². The van der Waals surface area contributed by atoms with E-state index in [-0.39, 0.29) is 11.5 Å². The molecular formula is C13H13NO4S. The summed E-state index contributed by atoms with van der Waals surface area (Å²) in [5.74, 6) is -0.281. The summed E-state index contributed by atoms with van der Waals surface area (Å²) in [5.41, 5.74) is 1.27. The van der Waals surface area contributed by atoms with Crippen LogP contribution in [0.3, 0.4) is 0 Å². The van der Waals surface area contributed by atoms with Gasteiger partial charge in [-0.25, -0.2) is 9.78 Å². The average Bonchev–Trinajstić information content (AvgIpc) is 2.83. The maximum absolute atomic E-state index is 11.2. The Morgan fingerprint density at radius 1 is 1.42 bits per heavy atom. The molecule has 0 aliphatic carbocycles. The molecule has 5 nitrogen and oxygen atoms in total. The van der Waals surface area contributed by atoms with Crippen LogP contribution in [0.1, 0.15) is 15.4 Å². The Morgan fingerprint density at radius 2 is 2.21 bits per heavy atom. The van der Waals surface area contributed by atoms with E-state index in [9.17, 15) is 4.79 Å². The van der Waals surface area contributed by atoms with Gasteiger partial charge in [0.05, 0.1) is 19.4 Å². The molecule has 1 aromatic carbocycles. The fourth-order valence-corrected chi connectivity index (χ4v) is 2.54. The smallest absolute Gasteiger partial charge is 0.347 e. The SMILES string of the molecule is COCc1nc(-c2cccc(OC)c2)sc1C(=O)O.